The van der Waals surface area contributed by atoms with Gasteiger partial charge in [-0.25, -0.2) is 10.0 Å². The molecule has 19 heavy (non-hydrogen) atoms. The molecule has 6 bridgehead atoms. The van der Waals surface area contributed by atoms with Gasteiger partial charge in [-0.2, -0.15) is 0 Å². The zero-order valence-corrected chi connectivity index (χ0v) is 12.0. The predicted molar refractivity (Wildman–Crippen MR) is 72.3 cm³/mol. The van der Waals surface area contributed by atoms with Crippen molar-refractivity contribution >= 4 is 23.2 Å². The first kappa shape index (κ1) is 10.0. The van der Waals surface area contributed by atoms with Gasteiger partial charge in [0.25, 0.3) is 0 Å². The van der Waals surface area contributed by atoms with E-state index in [2.05, 4.69) is 22.2 Å². The first-order valence-corrected chi connectivity index (χ1v) is 8.59. The molecular weight excluding hydrogens is 279 g/mol. The molecule has 8 aliphatic rings. The first-order valence-electron chi connectivity index (χ1n) is 7.83. The number of alkyl halides is 2. The lowest BCUT2D eigenvalue weighted by Crippen LogP contribution is -2.74. The average Bonchev–Trinajstić information content (AvgIpc) is 3.08. The number of fused-ring (bicyclic) bond motifs is 2. The number of hydrogen-bond donors (Lipinski definition) is 0. The zero-order valence-electron chi connectivity index (χ0n) is 10.5. The molecule has 0 aromatic carbocycles. The smallest absolute Gasteiger partial charge is 0.188 e. The Bertz CT molecular complexity index is 560. The highest BCUT2D eigenvalue weighted by Crippen LogP contribution is 2.80. The van der Waals surface area contributed by atoms with Crippen molar-refractivity contribution in [3.05, 3.63) is 12.2 Å². The third-order valence-corrected chi connectivity index (χ3v) is 8.83. The van der Waals surface area contributed by atoms with E-state index in [0.29, 0.717) is 18.0 Å². The Morgan fingerprint density at radius 3 is 2.74 bits per heavy atom. The van der Waals surface area contributed by atoms with Gasteiger partial charge >= 0.3 is 0 Å². The maximum Gasteiger partial charge on any atom is 0.188 e. The Kier molecular flexibility index (Phi) is 1.34. The van der Waals surface area contributed by atoms with Crippen LogP contribution in [0.25, 0.3) is 0 Å². The topological polar surface area (TPSA) is 6.48 Å². The van der Waals surface area contributed by atoms with Gasteiger partial charge in [-0.15, -0.1) is 0 Å². The third-order valence-electron chi connectivity index (χ3n) is 7.98. The van der Waals surface area contributed by atoms with E-state index in [1.54, 1.807) is 0 Å². The Morgan fingerprint density at radius 1 is 1.00 bits per heavy atom. The number of hydrazine groups is 1. The molecule has 2 nitrogen and oxygen atoms in total. The van der Waals surface area contributed by atoms with Crippen molar-refractivity contribution < 1.29 is 0 Å². The summed E-state index contributed by atoms with van der Waals surface area (Å²) in [5.41, 5.74) is 0. The summed E-state index contributed by atoms with van der Waals surface area (Å²) in [5.74, 6) is 5.77. The number of nitrogens with zero attached hydrogens (tertiary/aromatic N) is 2. The van der Waals surface area contributed by atoms with Crippen LogP contribution in [-0.2, 0) is 0 Å². The van der Waals surface area contributed by atoms with Gasteiger partial charge < -0.3 is 0 Å². The molecule has 0 N–H and O–H groups in total. The fraction of sp³-hybridized carbons (Fsp3) is 0.867. The van der Waals surface area contributed by atoms with Crippen LogP contribution in [0.15, 0.2) is 12.2 Å². The largest absolute Gasteiger partial charge is 0.231 e. The van der Waals surface area contributed by atoms with Gasteiger partial charge in [0.05, 0.1) is 0 Å². The van der Waals surface area contributed by atoms with Crippen LogP contribution in [0.2, 0.25) is 0 Å². The van der Waals surface area contributed by atoms with Crippen molar-refractivity contribution in [2.45, 2.75) is 35.4 Å². The summed E-state index contributed by atoms with van der Waals surface area (Å²) in [7, 11) is 0. The third kappa shape index (κ3) is 0.711. The number of piperidine rings is 1. The molecule has 4 saturated heterocycles. The summed E-state index contributed by atoms with van der Waals surface area (Å²) in [6.45, 7) is 0. The van der Waals surface area contributed by atoms with E-state index < -0.39 is 4.46 Å². The molecule has 8 rings (SSSR count). The van der Waals surface area contributed by atoms with E-state index in [1.807, 2.05) is 0 Å². The maximum atomic E-state index is 6.88. The van der Waals surface area contributed by atoms with Gasteiger partial charge in [0.1, 0.15) is 0 Å². The standard InChI is InChI=1S/C15H16Cl2N2/c16-15(17)11-7-4-8-10-9(7)13-6-3-1-2-5(6)12(10)18(14(8)11)19(13)15/h1-2,5-14H,3-4H2. The van der Waals surface area contributed by atoms with E-state index >= 15 is 0 Å². The van der Waals surface area contributed by atoms with Crippen LogP contribution in [0.1, 0.15) is 12.8 Å². The Labute approximate surface area is 122 Å². The molecule has 0 aromatic rings. The molecule has 10 unspecified atom stereocenters. The zero-order chi connectivity index (χ0) is 12.3. The monoisotopic (exact) mass is 294 g/mol. The molecule has 4 aliphatic carbocycles. The quantitative estimate of drug-likeness (QED) is 0.385. The van der Waals surface area contributed by atoms with Crippen molar-refractivity contribution in [1.29, 1.82) is 0 Å². The minimum Gasteiger partial charge on any atom is -0.231 e. The van der Waals surface area contributed by atoms with Crippen LogP contribution in [0.5, 0.6) is 0 Å². The second-order valence-electron chi connectivity index (χ2n) is 7.93. The average molecular weight is 295 g/mol. The Morgan fingerprint density at radius 2 is 1.84 bits per heavy atom. The molecule has 0 aromatic heterocycles. The molecular formula is C15H16Cl2N2. The minimum absolute atomic E-state index is 0.533. The van der Waals surface area contributed by atoms with Gasteiger partial charge in [0, 0.05) is 24.0 Å². The molecule has 10 atom stereocenters. The number of hydrogen-bond acceptors (Lipinski definition) is 2. The molecule has 0 spiro atoms. The fourth-order valence-electron chi connectivity index (χ4n) is 8.07. The van der Waals surface area contributed by atoms with E-state index in [9.17, 15) is 0 Å². The molecule has 7 fully saturated rings. The number of allylic oxidation sites excluding steroid dienone is 1. The molecule has 0 radical (unpaired) electrons. The van der Waals surface area contributed by atoms with E-state index in [1.165, 1.54) is 12.8 Å². The van der Waals surface area contributed by atoms with Gasteiger partial charge in [-0.3, -0.25) is 0 Å². The minimum atomic E-state index is -0.595. The lowest BCUT2D eigenvalue weighted by atomic mass is 9.56. The maximum absolute atomic E-state index is 6.88. The highest BCUT2D eigenvalue weighted by Gasteiger charge is 2.86. The number of rotatable bonds is 0. The Hall–Kier alpha value is 0.240. The van der Waals surface area contributed by atoms with Gasteiger partial charge in [0.2, 0.25) is 0 Å². The van der Waals surface area contributed by atoms with E-state index in [4.69, 9.17) is 23.2 Å². The van der Waals surface area contributed by atoms with E-state index in [-0.39, 0.29) is 0 Å². The summed E-state index contributed by atoms with van der Waals surface area (Å²) >= 11 is 13.8. The Balaban J connectivity index is 1.57. The summed E-state index contributed by atoms with van der Waals surface area (Å²) < 4.78 is -0.595. The highest BCUT2D eigenvalue weighted by molar-refractivity contribution is 6.48. The molecule has 4 heteroatoms. The molecule has 4 aliphatic heterocycles. The van der Waals surface area contributed by atoms with Crippen molar-refractivity contribution in [2.24, 2.45) is 41.4 Å². The summed E-state index contributed by atoms with van der Waals surface area (Å²) in [6, 6.07) is 2.07. The van der Waals surface area contributed by atoms with Crippen molar-refractivity contribution in [3.8, 4) is 0 Å². The van der Waals surface area contributed by atoms with Gasteiger partial charge in [-0.05, 0) is 48.3 Å². The second kappa shape index (κ2) is 2.54. The first-order chi connectivity index (χ1) is 9.21. The lowest BCUT2D eigenvalue weighted by molar-refractivity contribution is -0.221. The summed E-state index contributed by atoms with van der Waals surface area (Å²) in [5, 5.41) is 5.17. The molecule has 4 heterocycles. The second-order valence-corrected chi connectivity index (χ2v) is 9.28. The molecule has 0 amide bonds. The normalized spacial score (nSPS) is 72.1. The van der Waals surface area contributed by atoms with Gasteiger partial charge in [-0.1, -0.05) is 35.4 Å². The molecule has 100 valence electrons. The van der Waals surface area contributed by atoms with Crippen LogP contribution >= 0.6 is 23.2 Å². The summed E-state index contributed by atoms with van der Waals surface area (Å²) in [6.07, 6.45) is 7.63. The van der Waals surface area contributed by atoms with E-state index in [0.717, 1.165) is 41.5 Å². The van der Waals surface area contributed by atoms with Crippen molar-refractivity contribution in [2.75, 3.05) is 0 Å². The predicted octanol–water partition coefficient (Wildman–Crippen LogP) is 2.49. The van der Waals surface area contributed by atoms with Crippen molar-refractivity contribution in [3.63, 3.8) is 0 Å². The van der Waals surface area contributed by atoms with Gasteiger partial charge in [0.15, 0.2) is 4.46 Å². The molecule has 3 saturated carbocycles. The van der Waals surface area contributed by atoms with Crippen LogP contribution in [0.3, 0.4) is 0 Å². The number of halogens is 2. The van der Waals surface area contributed by atoms with Crippen LogP contribution < -0.4 is 0 Å². The van der Waals surface area contributed by atoms with Crippen LogP contribution in [0, 0.1) is 41.4 Å². The highest BCUT2D eigenvalue weighted by atomic mass is 35.5. The SMILES string of the molecule is ClC1(Cl)C2C3CC4C5C3C3C6CC=CC6C5N(C42)N31. The van der Waals surface area contributed by atoms with Crippen LogP contribution in [-0.4, -0.2) is 32.6 Å². The van der Waals surface area contributed by atoms with Crippen LogP contribution in [0.4, 0.5) is 0 Å². The lowest BCUT2D eigenvalue weighted by Gasteiger charge is -2.64. The fourth-order valence-corrected chi connectivity index (χ4v) is 9.05. The summed E-state index contributed by atoms with van der Waals surface area (Å²) in [4.78, 5) is 0. The van der Waals surface area contributed by atoms with Crippen molar-refractivity contribution in [1.82, 2.24) is 10.0 Å².